The number of carbonyl (C=O) groups is 1. The number of aromatic hydroxyl groups is 1. The third-order valence-electron chi connectivity index (χ3n) is 3.91. The Kier molecular flexibility index (Phi) is 6.26. The highest BCUT2D eigenvalue weighted by molar-refractivity contribution is 6.35. The average Bonchev–Trinajstić information content (AvgIpc) is 2.56. The van der Waals surface area contributed by atoms with E-state index in [1.165, 1.54) is 13.0 Å². The van der Waals surface area contributed by atoms with Gasteiger partial charge < -0.3 is 5.11 Å². The fourth-order valence-corrected chi connectivity index (χ4v) is 2.79. The van der Waals surface area contributed by atoms with Crippen molar-refractivity contribution in [3.8, 4) is 11.6 Å². The molecule has 0 saturated carbocycles. The van der Waals surface area contributed by atoms with Crippen LogP contribution in [0.2, 0.25) is 5.02 Å². The maximum absolute atomic E-state index is 11.0. The van der Waals surface area contributed by atoms with Gasteiger partial charge in [0.05, 0.1) is 5.02 Å². The van der Waals surface area contributed by atoms with Gasteiger partial charge in [-0.3, -0.25) is 4.89 Å². The van der Waals surface area contributed by atoms with Crippen LogP contribution in [-0.2, 0) is 9.68 Å². The van der Waals surface area contributed by atoms with Crippen molar-refractivity contribution < 1.29 is 19.7 Å². The van der Waals surface area contributed by atoms with Crippen molar-refractivity contribution in [2.24, 2.45) is 0 Å². The normalized spacial score (nSPS) is 12.2. The predicted octanol–water partition coefficient (Wildman–Crippen LogP) is 5.13. The van der Waals surface area contributed by atoms with Crippen LogP contribution in [0.1, 0.15) is 57.9 Å². The Morgan fingerprint density at radius 1 is 1.38 bits per heavy atom. The van der Waals surface area contributed by atoms with Gasteiger partial charge in [-0.05, 0) is 30.5 Å². The second-order valence-electron chi connectivity index (χ2n) is 5.90. The highest BCUT2D eigenvalue weighted by Gasteiger charge is 2.19. The van der Waals surface area contributed by atoms with Crippen molar-refractivity contribution in [2.45, 2.75) is 52.4 Å². The first kappa shape index (κ1) is 18.3. The van der Waals surface area contributed by atoms with Crippen LogP contribution < -0.4 is 4.89 Å². The molecule has 130 valence electrons. The van der Waals surface area contributed by atoms with E-state index < -0.39 is 5.97 Å². The number of fused-ring (bicyclic) bond motifs is 1. The van der Waals surface area contributed by atoms with Crippen LogP contribution in [0.15, 0.2) is 18.2 Å². The molecular formula is C18H22ClNO4. The van der Waals surface area contributed by atoms with Crippen LogP contribution in [0.4, 0.5) is 0 Å². The van der Waals surface area contributed by atoms with E-state index in [1.54, 1.807) is 6.07 Å². The van der Waals surface area contributed by atoms with Gasteiger partial charge in [-0.25, -0.2) is 14.7 Å². The number of hydrogen-bond donors (Lipinski definition) is 1. The third-order valence-corrected chi connectivity index (χ3v) is 4.24. The Labute approximate surface area is 146 Å². The zero-order valence-electron chi connectivity index (χ0n) is 14.1. The van der Waals surface area contributed by atoms with Crippen LogP contribution in [0.25, 0.3) is 10.9 Å². The number of unbranched alkanes of at least 4 members (excludes halogenated alkanes) is 2. The van der Waals surface area contributed by atoms with Gasteiger partial charge >= 0.3 is 5.97 Å². The number of nitrogens with zero attached hydrogens (tertiary/aromatic N) is 1. The Morgan fingerprint density at radius 3 is 2.79 bits per heavy atom. The topological polar surface area (TPSA) is 68.7 Å². The number of phenols is 1. The molecule has 5 nitrogen and oxygen atoms in total. The van der Waals surface area contributed by atoms with E-state index in [0.717, 1.165) is 31.2 Å². The van der Waals surface area contributed by atoms with Crippen molar-refractivity contribution >= 4 is 28.5 Å². The first-order valence-corrected chi connectivity index (χ1v) is 8.49. The molecule has 2 aromatic rings. The van der Waals surface area contributed by atoms with Gasteiger partial charge in [0.15, 0.2) is 0 Å². The molecule has 0 spiro atoms. The monoisotopic (exact) mass is 351 g/mol. The second kappa shape index (κ2) is 8.20. The summed E-state index contributed by atoms with van der Waals surface area (Å²) in [5.41, 5.74) is 1.11. The van der Waals surface area contributed by atoms with Crippen molar-refractivity contribution in [2.75, 3.05) is 0 Å². The maximum Gasteiger partial charge on any atom is 0.352 e. The van der Waals surface area contributed by atoms with Crippen LogP contribution in [-0.4, -0.2) is 16.1 Å². The molecule has 0 saturated heterocycles. The number of phenolic OH excluding ortho intramolecular Hbond substituents is 1. The fraction of sp³-hybridized carbons (Fsp3) is 0.444. The Bertz CT molecular complexity index is 733. The lowest BCUT2D eigenvalue weighted by Gasteiger charge is -2.16. The molecule has 0 aliphatic carbocycles. The number of rotatable bonds is 7. The zero-order chi connectivity index (χ0) is 17.7. The second-order valence-corrected chi connectivity index (χ2v) is 6.31. The van der Waals surface area contributed by atoms with E-state index >= 15 is 0 Å². The summed E-state index contributed by atoms with van der Waals surface area (Å²) in [5, 5.41) is 11.2. The predicted molar refractivity (Wildman–Crippen MR) is 93.4 cm³/mol. The molecule has 24 heavy (non-hydrogen) atoms. The minimum Gasteiger partial charge on any atom is -0.506 e. The number of hydrogen-bond acceptors (Lipinski definition) is 5. The SMILES string of the molecule is CCCCCC(C)c1cc2c(Cl)ccc(O)c2nc1OOC(C)=O. The summed E-state index contributed by atoms with van der Waals surface area (Å²) in [6.07, 6.45) is 4.32. The molecule has 0 aliphatic rings. The molecule has 1 N–H and O–H groups in total. The lowest BCUT2D eigenvalue weighted by Crippen LogP contribution is -2.08. The molecule has 0 aliphatic heterocycles. The summed E-state index contributed by atoms with van der Waals surface area (Å²) < 4.78 is 0. The van der Waals surface area contributed by atoms with Gasteiger partial charge in [0.1, 0.15) is 11.3 Å². The van der Waals surface area contributed by atoms with Gasteiger partial charge in [-0.1, -0.05) is 44.7 Å². The van der Waals surface area contributed by atoms with Crippen molar-refractivity contribution in [3.05, 3.63) is 28.8 Å². The highest BCUT2D eigenvalue weighted by atomic mass is 35.5. The van der Waals surface area contributed by atoms with E-state index in [1.807, 2.05) is 6.07 Å². The summed E-state index contributed by atoms with van der Waals surface area (Å²) in [6, 6.07) is 4.94. The third kappa shape index (κ3) is 4.29. The Balaban J connectivity index is 2.46. The van der Waals surface area contributed by atoms with Gasteiger partial charge in [0.25, 0.3) is 5.88 Å². The Morgan fingerprint density at radius 2 is 2.12 bits per heavy atom. The van der Waals surface area contributed by atoms with Crippen LogP contribution in [0, 0.1) is 0 Å². The minimum absolute atomic E-state index is 0.00717. The fourth-order valence-electron chi connectivity index (χ4n) is 2.58. The van der Waals surface area contributed by atoms with Gasteiger partial charge in [0.2, 0.25) is 0 Å². The van der Waals surface area contributed by atoms with Crippen molar-refractivity contribution in [3.63, 3.8) is 0 Å². The molecule has 1 unspecified atom stereocenters. The maximum atomic E-state index is 11.0. The van der Waals surface area contributed by atoms with Gasteiger partial charge in [-0.15, -0.1) is 0 Å². The van der Waals surface area contributed by atoms with E-state index in [-0.39, 0.29) is 17.5 Å². The molecular weight excluding hydrogens is 330 g/mol. The quantitative estimate of drug-likeness (QED) is 0.425. The highest BCUT2D eigenvalue weighted by Crippen LogP contribution is 2.37. The molecule has 1 aromatic heterocycles. The lowest BCUT2D eigenvalue weighted by atomic mass is 9.94. The first-order chi connectivity index (χ1) is 11.4. The van der Waals surface area contributed by atoms with E-state index in [0.29, 0.717) is 15.9 Å². The number of pyridine rings is 1. The zero-order valence-corrected chi connectivity index (χ0v) is 14.9. The number of benzene rings is 1. The summed E-state index contributed by atoms with van der Waals surface area (Å²) in [6.45, 7) is 5.47. The van der Waals surface area contributed by atoms with E-state index in [9.17, 15) is 9.90 Å². The smallest absolute Gasteiger partial charge is 0.352 e. The molecule has 1 heterocycles. The minimum atomic E-state index is -0.572. The molecule has 1 aromatic carbocycles. The molecule has 0 bridgehead atoms. The van der Waals surface area contributed by atoms with Gasteiger partial charge in [-0.2, -0.15) is 0 Å². The summed E-state index contributed by atoms with van der Waals surface area (Å²) in [5.74, 6) is -0.249. The van der Waals surface area contributed by atoms with Crippen molar-refractivity contribution in [1.29, 1.82) is 0 Å². The van der Waals surface area contributed by atoms with E-state index in [4.69, 9.17) is 16.5 Å². The van der Waals surface area contributed by atoms with Crippen LogP contribution in [0.3, 0.4) is 0 Å². The van der Waals surface area contributed by atoms with Crippen LogP contribution in [0.5, 0.6) is 11.6 Å². The lowest BCUT2D eigenvalue weighted by molar-refractivity contribution is -0.212. The standard InChI is InChI=1S/C18H22ClNO4/c1-4-5-6-7-11(2)13-10-14-15(19)8-9-16(22)17(14)20-18(13)24-23-12(3)21/h8-11,22H,4-7H2,1-3H3. The molecule has 2 rings (SSSR count). The number of aromatic nitrogens is 1. The molecule has 0 fully saturated rings. The summed E-state index contributed by atoms with van der Waals surface area (Å²) in [7, 11) is 0. The number of halogens is 1. The summed E-state index contributed by atoms with van der Waals surface area (Å²) >= 11 is 6.24. The average molecular weight is 352 g/mol. The molecule has 0 radical (unpaired) electrons. The number of carbonyl (C=O) groups excluding carboxylic acids is 1. The molecule has 0 amide bonds. The first-order valence-electron chi connectivity index (χ1n) is 8.11. The Hall–Kier alpha value is -2.01. The van der Waals surface area contributed by atoms with Crippen molar-refractivity contribution in [1.82, 2.24) is 4.98 Å². The van der Waals surface area contributed by atoms with Gasteiger partial charge in [0, 0.05) is 17.9 Å². The molecule has 6 heteroatoms. The molecule has 1 atom stereocenters. The summed E-state index contributed by atoms with van der Waals surface area (Å²) in [4.78, 5) is 25.1. The van der Waals surface area contributed by atoms with Crippen LogP contribution >= 0.6 is 11.6 Å². The van der Waals surface area contributed by atoms with E-state index in [2.05, 4.69) is 23.7 Å². The largest absolute Gasteiger partial charge is 0.506 e.